The van der Waals surface area contributed by atoms with E-state index in [0.29, 0.717) is 5.56 Å². The molecular weight excluding hydrogens is 482 g/mol. The molecule has 198 valence electrons. The minimum Gasteiger partial charge on any atom is -0.472 e. The fourth-order valence-corrected chi connectivity index (χ4v) is 3.77. The lowest BCUT2D eigenvalue weighted by molar-refractivity contribution is 0.0356. The fourth-order valence-electron chi connectivity index (χ4n) is 3.77. The first-order chi connectivity index (χ1) is 17.5. The summed E-state index contributed by atoms with van der Waals surface area (Å²) in [6.45, 7) is 7.59. The molecule has 1 aromatic carbocycles. The minimum atomic E-state index is -0.764. The van der Waals surface area contributed by atoms with Gasteiger partial charge in [-0.3, -0.25) is 4.79 Å². The van der Waals surface area contributed by atoms with Gasteiger partial charge < -0.3 is 25.0 Å². The lowest BCUT2D eigenvalue weighted by Crippen LogP contribution is -2.50. The number of rotatable bonds is 5. The summed E-state index contributed by atoms with van der Waals surface area (Å²) in [6.07, 6.45) is 0.918. The molecule has 3 rings (SSSR count). The number of fused-ring (bicyclic) bond motifs is 1. The Kier molecular flexibility index (Phi) is 9.05. The topological polar surface area (TPSA) is 95.0 Å². The Balaban J connectivity index is 1.89. The highest BCUT2D eigenvalue weighted by Crippen LogP contribution is 2.27. The Bertz CT molecular complexity index is 1210. The Morgan fingerprint density at radius 1 is 1.32 bits per heavy atom. The van der Waals surface area contributed by atoms with Crippen LogP contribution in [0.4, 0.5) is 19.3 Å². The molecule has 1 aliphatic rings. The van der Waals surface area contributed by atoms with Crippen molar-refractivity contribution in [3.8, 4) is 17.7 Å². The molecule has 10 heteroatoms. The highest BCUT2D eigenvalue weighted by molar-refractivity contribution is 5.97. The van der Waals surface area contributed by atoms with Gasteiger partial charge in [-0.2, -0.15) is 0 Å². The number of amides is 3. The van der Waals surface area contributed by atoms with E-state index in [2.05, 4.69) is 22.1 Å². The number of aliphatic hydroxyl groups excluding tert-OH is 1. The maximum Gasteiger partial charge on any atom is 0.321 e. The molecule has 0 saturated heterocycles. The number of nitrogens with zero attached hydrogens (tertiary/aromatic N) is 3. The molecule has 0 fully saturated rings. The van der Waals surface area contributed by atoms with E-state index >= 15 is 0 Å². The molecule has 0 bridgehead atoms. The van der Waals surface area contributed by atoms with E-state index in [4.69, 9.17) is 4.74 Å². The van der Waals surface area contributed by atoms with Gasteiger partial charge in [-0.15, -0.1) is 0 Å². The average molecular weight is 515 g/mol. The number of aliphatic hydroxyl groups is 1. The SMILES string of the molecule is CC(C)C#Cc1cnc2c(c1)C(=O)N([C@@H](C)CO)C[C@@H](C)[C@@H](CN(C)C(=O)Nc1cc(F)ccc1F)O2. The number of urea groups is 1. The molecule has 2 aromatic rings. The predicted octanol–water partition coefficient (Wildman–Crippen LogP) is 3.75. The van der Waals surface area contributed by atoms with Crippen molar-refractivity contribution >= 4 is 17.6 Å². The molecule has 2 N–H and O–H groups in total. The van der Waals surface area contributed by atoms with E-state index in [1.54, 1.807) is 17.9 Å². The summed E-state index contributed by atoms with van der Waals surface area (Å²) in [5.41, 5.74) is 0.487. The number of halogens is 2. The number of benzene rings is 1. The predicted molar refractivity (Wildman–Crippen MR) is 135 cm³/mol. The van der Waals surface area contributed by atoms with Crippen LogP contribution in [-0.4, -0.2) is 70.7 Å². The van der Waals surface area contributed by atoms with E-state index in [0.717, 1.165) is 18.2 Å². The van der Waals surface area contributed by atoms with Crippen LogP contribution in [0.15, 0.2) is 30.5 Å². The summed E-state index contributed by atoms with van der Waals surface area (Å²) >= 11 is 0. The van der Waals surface area contributed by atoms with Gasteiger partial charge in [0.05, 0.1) is 24.9 Å². The second kappa shape index (κ2) is 12.0. The van der Waals surface area contributed by atoms with Gasteiger partial charge in [-0.05, 0) is 25.1 Å². The van der Waals surface area contributed by atoms with E-state index in [1.165, 1.54) is 18.1 Å². The molecule has 1 aromatic heterocycles. The number of likely N-dealkylation sites (N-methyl/N-ethyl adjacent to an activating group) is 1. The van der Waals surface area contributed by atoms with Crippen LogP contribution in [0.3, 0.4) is 0 Å². The third-order valence-corrected chi connectivity index (χ3v) is 6.00. The number of carbonyl (C=O) groups is 2. The largest absolute Gasteiger partial charge is 0.472 e. The van der Waals surface area contributed by atoms with Crippen molar-refractivity contribution in [2.75, 3.05) is 32.1 Å². The number of ether oxygens (including phenoxy) is 1. The van der Waals surface area contributed by atoms with Crippen LogP contribution in [-0.2, 0) is 0 Å². The normalized spacial score (nSPS) is 18.1. The first-order valence-corrected chi connectivity index (χ1v) is 12.1. The lowest BCUT2D eigenvalue weighted by Gasteiger charge is -2.37. The third-order valence-electron chi connectivity index (χ3n) is 6.00. The van der Waals surface area contributed by atoms with E-state index < -0.39 is 29.8 Å². The summed E-state index contributed by atoms with van der Waals surface area (Å²) in [7, 11) is 1.50. The molecule has 0 radical (unpaired) electrons. The molecule has 0 saturated carbocycles. The zero-order chi connectivity index (χ0) is 27.3. The van der Waals surface area contributed by atoms with Gasteiger partial charge in [-0.25, -0.2) is 18.6 Å². The summed E-state index contributed by atoms with van der Waals surface area (Å²) in [4.78, 5) is 33.4. The van der Waals surface area contributed by atoms with Crippen LogP contribution in [0.25, 0.3) is 0 Å². The van der Waals surface area contributed by atoms with Gasteiger partial charge in [0.1, 0.15) is 23.3 Å². The highest BCUT2D eigenvalue weighted by atomic mass is 19.1. The molecule has 0 aliphatic carbocycles. The smallest absolute Gasteiger partial charge is 0.321 e. The first-order valence-electron chi connectivity index (χ1n) is 12.1. The van der Waals surface area contributed by atoms with E-state index in [-0.39, 0.29) is 54.6 Å². The van der Waals surface area contributed by atoms with Gasteiger partial charge >= 0.3 is 6.03 Å². The molecule has 0 unspecified atom stereocenters. The van der Waals surface area contributed by atoms with Gasteiger partial charge in [0.15, 0.2) is 0 Å². The van der Waals surface area contributed by atoms with Gasteiger partial charge in [0, 0.05) is 43.3 Å². The zero-order valence-corrected chi connectivity index (χ0v) is 21.6. The van der Waals surface area contributed by atoms with Crippen LogP contribution in [0.5, 0.6) is 5.88 Å². The van der Waals surface area contributed by atoms with Crippen molar-refractivity contribution < 1.29 is 28.2 Å². The number of hydrogen-bond acceptors (Lipinski definition) is 5. The molecule has 3 atom stereocenters. The third kappa shape index (κ3) is 6.95. The molecule has 2 heterocycles. The number of hydrogen-bond donors (Lipinski definition) is 2. The van der Waals surface area contributed by atoms with Crippen molar-refractivity contribution in [1.82, 2.24) is 14.8 Å². The molecule has 1 aliphatic heterocycles. The van der Waals surface area contributed by atoms with Crippen LogP contribution in [0, 0.1) is 35.3 Å². The molecular formula is C27H32F2N4O4. The van der Waals surface area contributed by atoms with Crippen molar-refractivity contribution in [1.29, 1.82) is 0 Å². The number of pyridine rings is 1. The molecule has 37 heavy (non-hydrogen) atoms. The van der Waals surface area contributed by atoms with Crippen molar-refractivity contribution in [3.05, 3.63) is 53.2 Å². The highest BCUT2D eigenvalue weighted by Gasteiger charge is 2.34. The number of anilines is 1. The summed E-state index contributed by atoms with van der Waals surface area (Å²) < 4.78 is 33.7. The second-order valence-corrected chi connectivity index (χ2v) is 9.56. The lowest BCUT2D eigenvalue weighted by atomic mass is 10.00. The van der Waals surface area contributed by atoms with Crippen molar-refractivity contribution in [2.45, 2.75) is 39.8 Å². The number of aromatic nitrogens is 1. The molecule has 3 amide bonds. The minimum absolute atomic E-state index is 0.0650. The Morgan fingerprint density at radius 3 is 2.73 bits per heavy atom. The Labute approximate surface area is 215 Å². The molecule has 0 spiro atoms. The summed E-state index contributed by atoms with van der Waals surface area (Å²) in [5, 5.41) is 12.1. The fraction of sp³-hybridized carbons (Fsp3) is 0.444. The van der Waals surface area contributed by atoms with Crippen LogP contribution >= 0.6 is 0 Å². The van der Waals surface area contributed by atoms with Crippen molar-refractivity contribution in [3.63, 3.8) is 0 Å². The molecule has 8 nitrogen and oxygen atoms in total. The average Bonchev–Trinajstić information content (AvgIpc) is 2.86. The summed E-state index contributed by atoms with van der Waals surface area (Å²) in [5.74, 6) is 4.22. The van der Waals surface area contributed by atoms with Crippen LogP contribution in [0.1, 0.15) is 43.6 Å². The van der Waals surface area contributed by atoms with Gasteiger partial charge in [0.25, 0.3) is 5.91 Å². The Hall–Kier alpha value is -3.71. The number of carbonyl (C=O) groups excluding carboxylic acids is 2. The Morgan fingerprint density at radius 2 is 2.05 bits per heavy atom. The van der Waals surface area contributed by atoms with E-state index in [9.17, 15) is 23.5 Å². The second-order valence-electron chi connectivity index (χ2n) is 9.56. The van der Waals surface area contributed by atoms with E-state index in [1.807, 2.05) is 20.8 Å². The monoisotopic (exact) mass is 514 g/mol. The summed E-state index contributed by atoms with van der Waals surface area (Å²) in [6, 6.07) is 3.28. The standard InChI is InChI=1S/C27H32F2N4O4/c1-16(2)6-7-19-10-21-25(30-12-19)37-24(17(3)13-33(26(21)35)18(4)15-34)14-32(5)27(36)31-23-11-20(28)8-9-22(23)29/h8-12,16-18,24,34H,13-15H2,1-5H3,(H,31,36)/t17-,18+,24-/m1/s1. The quantitative estimate of drug-likeness (QED) is 0.593. The van der Waals surface area contributed by atoms with Crippen molar-refractivity contribution in [2.24, 2.45) is 11.8 Å². The van der Waals surface area contributed by atoms with Crippen LogP contribution < -0.4 is 10.1 Å². The van der Waals surface area contributed by atoms with Crippen LogP contribution in [0.2, 0.25) is 0 Å². The maximum atomic E-state index is 14.0. The van der Waals surface area contributed by atoms with Gasteiger partial charge in [-0.1, -0.05) is 32.6 Å². The zero-order valence-electron chi connectivity index (χ0n) is 21.6. The maximum absolute atomic E-state index is 14.0. The first kappa shape index (κ1) is 27.9. The van der Waals surface area contributed by atoms with Gasteiger partial charge in [0.2, 0.25) is 5.88 Å². The number of nitrogens with one attached hydrogen (secondary N) is 1.